The van der Waals surface area contributed by atoms with Crippen LogP contribution >= 0.6 is 0 Å². The molecule has 1 fully saturated rings. The van der Waals surface area contributed by atoms with Gasteiger partial charge in [-0.25, -0.2) is 0 Å². The molecule has 1 saturated heterocycles. The molecule has 5 unspecified atom stereocenters. The van der Waals surface area contributed by atoms with Gasteiger partial charge in [0.15, 0.2) is 0 Å². The van der Waals surface area contributed by atoms with Crippen molar-refractivity contribution in [3.8, 4) is 0 Å². The van der Waals surface area contributed by atoms with Crippen molar-refractivity contribution < 1.29 is 9.84 Å². The van der Waals surface area contributed by atoms with Crippen molar-refractivity contribution in [1.82, 2.24) is 0 Å². The number of ether oxygens (including phenoxy) is 1. The molecule has 0 aliphatic carbocycles. The number of hydrogen-bond acceptors (Lipinski definition) is 2. The highest BCUT2D eigenvalue weighted by Gasteiger charge is 2.36. The Bertz CT molecular complexity index is 143. The highest BCUT2D eigenvalue weighted by Crippen LogP contribution is 2.34. The van der Waals surface area contributed by atoms with E-state index in [9.17, 15) is 0 Å². The van der Waals surface area contributed by atoms with E-state index < -0.39 is 0 Å². The van der Waals surface area contributed by atoms with Crippen LogP contribution in [0.25, 0.3) is 0 Å². The summed E-state index contributed by atoms with van der Waals surface area (Å²) in [6.45, 7) is 12.9. The van der Waals surface area contributed by atoms with Gasteiger partial charge in [0.2, 0.25) is 0 Å². The third-order valence-corrected chi connectivity index (χ3v) is 3.55. The van der Waals surface area contributed by atoms with E-state index >= 15 is 0 Å². The molecule has 0 saturated carbocycles. The first kappa shape index (κ1) is 13.9. The van der Waals surface area contributed by atoms with Crippen molar-refractivity contribution in [1.29, 1.82) is 0 Å². The molecule has 0 spiro atoms. The van der Waals surface area contributed by atoms with Crippen LogP contribution in [0.5, 0.6) is 0 Å². The van der Waals surface area contributed by atoms with Crippen molar-refractivity contribution >= 4 is 0 Å². The van der Waals surface area contributed by atoms with E-state index in [0.717, 1.165) is 0 Å². The van der Waals surface area contributed by atoms with Crippen LogP contribution in [-0.4, -0.2) is 23.9 Å². The van der Waals surface area contributed by atoms with E-state index in [1.54, 1.807) is 0 Å². The van der Waals surface area contributed by atoms with Gasteiger partial charge in [-0.3, -0.25) is 0 Å². The van der Waals surface area contributed by atoms with Crippen LogP contribution in [0.2, 0.25) is 0 Å². The summed E-state index contributed by atoms with van der Waals surface area (Å²) in [4.78, 5) is 0. The standard InChI is InChI=1S/C10H20O2.C2H6/c1-6-7(2)9(4)12-10(5-11)8(6)3;1-2/h6-11H,5H2,1-4H3;1-2H3. The third-order valence-electron chi connectivity index (χ3n) is 3.55. The van der Waals surface area contributed by atoms with Crippen molar-refractivity contribution in [2.24, 2.45) is 17.8 Å². The van der Waals surface area contributed by atoms with Gasteiger partial charge in [-0.15, -0.1) is 0 Å². The predicted octanol–water partition coefficient (Wildman–Crippen LogP) is 2.70. The first-order valence-corrected chi connectivity index (χ1v) is 5.84. The fourth-order valence-electron chi connectivity index (χ4n) is 1.98. The summed E-state index contributed by atoms with van der Waals surface area (Å²) in [6.07, 6.45) is 0.333. The molecule has 1 aliphatic heterocycles. The molecular formula is C12H26O2. The summed E-state index contributed by atoms with van der Waals surface area (Å²) in [7, 11) is 0. The lowest BCUT2D eigenvalue weighted by Crippen LogP contribution is -2.44. The molecule has 1 N–H and O–H groups in total. The first-order valence-electron chi connectivity index (χ1n) is 5.84. The van der Waals surface area contributed by atoms with Gasteiger partial charge < -0.3 is 9.84 Å². The Hall–Kier alpha value is -0.0800. The van der Waals surface area contributed by atoms with Crippen molar-refractivity contribution in [3.05, 3.63) is 0 Å². The molecule has 1 heterocycles. The molecule has 2 heteroatoms. The summed E-state index contributed by atoms with van der Waals surface area (Å²) in [6, 6.07) is 0. The summed E-state index contributed by atoms with van der Waals surface area (Å²) >= 11 is 0. The number of hydrogen-bond donors (Lipinski definition) is 1. The second-order valence-corrected chi connectivity index (χ2v) is 4.14. The summed E-state index contributed by atoms with van der Waals surface area (Å²) < 4.78 is 5.68. The van der Waals surface area contributed by atoms with Gasteiger partial charge in [0.1, 0.15) is 0 Å². The highest BCUT2D eigenvalue weighted by atomic mass is 16.5. The van der Waals surface area contributed by atoms with E-state index in [4.69, 9.17) is 9.84 Å². The Kier molecular flexibility index (Phi) is 6.38. The fraction of sp³-hybridized carbons (Fsp3) is 1.00. The molecular weight excluding hydrogens is 176 g/mol. The van der Waals surface area contributed by atoms with Gasteiger partial charge in [-0.1, -0.05) is 34.6 Å². The smallest absolute Gasteiger partial charge is 0.0837 e. The molecule has 0 bridgehead atoms. The first-order chi connectivity index (χ1) is 6.57. The van der Waals surface area contributed by atoms with Crippen LogP contribution in [-0.2, 0) is 4.74 Å². The number of aliphatic hydroxyl groups is 1. The second-order valence-electron chi connectivity index (χ2n) is 4.14. The zero-order valence-corrected chi connectivity index (χ0v) is 10.4. The van der Waals surface area contributed by atoms with E-state index in [2.05, 4.69) is 27.7 Å². The zero-order chi connectivity index (χ0) is 11.3. The van der Waals surface area contributed by atoms with Crippen molar-refractivity contribution in [2.45, 2.75) is 53.8 Å². The Morgan fingerprint density at radius 3 is 1.86 bits per heavy atom. The lowest BCUT2D eigenvalue weighted by Gasteiger charge is -2.41. The Morgan fingerprint density at radius 1 is 0.929 bits per heavy atom. The maximum atomic E-state index is 9.06. The second kappa shape index (κ2) is 6.41. The lowest BCUT2D eigenvalue weighted by atomic mass is 9.77. The predicted molar refractivity (Wildman–Crippen MR) is 60.3 cm³/mol. The molecule has 1 aliphatic rings. The minimum absolute atomic E-state index is 0.0474. The minimum Gasteiger partial charge on any atom is -0.394 e. The summed E-state index contributed by atoms with van der Waals surface area (Å²) in [5, 5.41) is 9.06. The maximum absolute atomic E-state index is 9.06. The molecule has 14 heavy (non-hydrogen) atoms. The van der Waals surface area contributed by atoms with Gasteiger partial charge in [0.05, 0.1) is 18.8 Å². The van der Waals surface area contributed by atoms with Crippen LogP contribution in [0.15, 0.2) is 0 Å². The Balaban J connectivity index is 0.000000791. The molecule has 0 aromatic heterocycles. The van der Waals surface area contributed by atoms with E-state index in [1.165, 1.54) is 0 Å². The molecule has 0 amide bonds. The summed E-state index contributed by atoms with van der Waals surface area (Å²) in [5.74, 6) is 1.72. The minimum atomic E-state index is 0.0474. The van der Waals surface area contributed by atoms with Crippen LogP contribution < -0.4 is 0 Å². The van der Waals surface area contributed by atoms with E-state index in [0.29, 0.717) is 17.8 Å². The topological polar surface area (TPSA) is 29.5 Å². The van der Waals surface area contributed by atoms with Crippen LogP contribution in [0, 0.1) is 17.8 Å². The molecule has 0 aromatic carbocycles. The molecule has 86 valence electrons. The van der Waals surface area contributed by atoms with E-state index in [-0.39, 0.29) is 18.8 Å². The third kappa shape index (κ3) is 2.96. The van der Waals surface area contributed by atoms with Crippen LogP contribution in [0.3, 0.4) is 0 Å². The SMILES string of the molecule is CC.CC1OC(CO)C(C)C(C)C1C. The highest BCUT2D eigenvalue weighted by molar-refractivity contribution is 4.83. The van der Waals surface area contributed by atoms with E-state index in [1.807, 2.05) is 13.8 Å². The molecule has 0 radical (unpaired) electrons. The largest absolute Gasteiger partial charge is 0.394 e. The van der Waals surface area contributed by atoms with Crippen LogP contribution in [0.4, 0.5) is 0 Å². The molecule has 0 aromatic rings. The monoisotopic (exact) mass is 202 g/mol. The van der Waals surface area contributed by atoms with Gasteiger partial charge in [0, 0.05) is 0 Å². The molecule has 5 atom stereocenters. The molecule has 2 nitrogen and oxygen atoms in total. The maximum Gasteiger partial charge on any atom is 0.0837 e. The summed E-state index contributed by atoms with van der Waals surface area (Å²) in [5.41, 5.74) is 0. The average Bonchev–Trinajstić information content (AvgIpc) is 2.23. The van der Waals surface area contributed by atoms with Crippen molar-refractivity contribution in [3.63, 3.8) is 0 Å². The van der Waals surface area contributed by atoms with Crippen LogP contribution in [0.1, 0.15) is 41.5 Å². The van der Waals surface area contributed by atoms with Gasteiger partial charge in [-0.2, -0.15) is 0 Å². The average molecular weight is 202 g/mol. The van der Waals surface area contributed by atoms with Crippen molar-refractivity contribution in [2.75, 3.05) is 6.61 Å². The van der Waals surface area contributed by atoms with Gasteiger partial charge in [0.25, 0.3) is 0 Å². The van der Waals surface area contributed by atoms with Gasteiger partial charge in [-0.05, 0) is 24.7 Å². The quantitative estimate of drug-likeness (QED) is 0.708. The Labute approximate surface area is 88.7 Å². The molecule has 1 rings (SSSR count). The zero-order valence-electron chi connectivity index (χ0n) is 10.4. The Morgan fingerprint density at radius 2 is 1.43 bits per heavy atom. The fourth-order valence-corrected chi connectivity index (χ4v) is 1.98. The lowest BCUT2D eigenvalue weighted by molar-refractivity contribution is -0.140. The van der Waals surface area contributed by atoms with Gasteiger partial charge >= 0.3 is 0 Å². The number of aliphatic hydroxyl groups excluding tert-OH is 1. The normalized spacial score (nSPS) is 42.6. The number of rotatable bonds is 1.